The van der Waals surface area contributed by atoms with Crippen LogP contribution in [0.3, 0.4) is 0 Å². The predicted octanol–water partition coefficient (Wildman–Crippen LogP) is 3.16. The van der Waals surface area contributed by atoms with Gasteiger partial charge in [-0.2, -0.15) is 17.5 Å². The molecule has 0 aliphatic carbocycles. The third-order valence-corrected chi connectivity index (χ3v) is 5.42. The fraction of sp³-hybridized carbons (Fsp3) is 0.538. The number of sulfonamides is 1. The van der Waals surface area contributed by atoms with Gasteiger partial charge in [-0.05, 0) is 32.0 Å². The summed E-state index contributed by atoms with van der Waals surface area (Å²) >= 11 is 5.51. The van der Waals surface area contributed by atoms with E-state index in [0.717, 1.165) is 16.4 Å². The summed E-state index contributed by atoms with van der Waals surface area (Å²) in [6, 6.07) is 2.60. The molecule has 4 nitrogen and oxygen atoms in total. The molecule has 124 valence electrons. The highest BCUT2D eigenvalue weighted by molar-refractivity contribution is 7.89. The van der Waals surface area contributed by atoms with Crippen molar-refractivity contribution in [2.24, 2.45) is 0 Å². The Labute approximate surface area is 131 Å². The van der Waals surface area contributed by atoms with Crippen LogP contribution in [0.2, 0.25) is 5.02 Å². The maximum atomic E-state index is 12.9. The summed E-state index contributed by atoms with van der Waals surface area (Å²) in [5.74, 6) is 0. The minimum absolute atomic E-state index is 0.0939. The number of hydrogen-bond donors (Lipinski definition) is 0. The van der Waals surface area contributed by atoms with Crippen LogP contribution in [0.5, 0.6) is 0 Å². The van der Waals surface area contributed by atoms with E-state index >= 15 is 0 Å². The van der Waals surface area contributed by atoms with Crippen LogP contribution in [0, 0.1) is 0 Å². The van der Waals surface area contributed by atoms with Gasteiger partial charge in [0.15, 0.2) is 0 Å². The van der Waals surface area contributed by atoms with Crippen LogP contribution in [-0.4, -0.2) is 38.0 Å². The SMILES string of the molecule is C[C@@H]1CN(S(=O)(=O)c2ccc(Cl)c(C(F)(F)F)c2)C[C@H](C)O1. The second-order valence-corrected chi connectivity index (χ2v) is 7.56. The molecule has 1 aliphatic rings. The van der Waals surface area contributed by atoms with Crippen LogP contribution in [0.25, 0.3) is 0 Å². The number of benzene rings is 1. The van der Waals surface area contributed by atoms with Crippen molar-refractivity contribution in [1.29, 1.82) is 0 Å². The highest BCUT2D eigenvalue weighted by atomic mass is 35.5. The van der Waals surface area contributed by atoms with Gasteiger partial charge >= 0.3 is 6.18 Å². The molecule has 0 amide bonds. The van der Waals surface area contributed by atoms with E-state index in [4.69, 9.17) is 16.3 Å². The van der Waals surface area contributed by atoms with Gasteiger partial charge in [0.1, 0.15) is 0 Å². The molecular weight excluding hydrogens is 343 g/mol. The van der Waals surface area contributed by atoms with Crippen molar-refractivity contribution in [3.8, 4) is 0 Å². The Morgan fingerprint density at radius 2 is 1.77 bits per heavy atom. The van der Waals surface area contributed by atoms with E-state index in [-0.39, 0.29) is 25.3 Å². The lowest BCUT2D eigenvalue weighted by atomic mass is 10.2. The summed E-state index contributed by atoms with van der Waals surface area (Å²) in [4.78, 5) is -0.425. The van der Waals surface area contributed by atoms with E-state index in [1.165, 1.54) is 0 Å². The highest BCUT2D eigenvalue weighted by Crippen LogP contribution is 2.36. The molecule has 1 fully saturated rings. The zero-order valence-electron chi connectivity index (χ0n) is 11.9. The molecule has 0 aromatic heterocycles. The quantitative estimate of drug-likeness (QED) is 0.816. The molecule has 1 aromatic rings. The van der Waals surface area contributed by atoms with Crippen molar-refractivity contribution < 1.29 is 26.3 Å². The first-order valence-electron chi connectivity index (χ1n) is 6.54. The monoisotopic (exact) mass is 357 g/mol. The maximum Gasteiger partial charge on any atom is 0.417 e. The molecule has 9 heteroatoms. The van der Waals surface area contributed by atoms with Crippen molar-refractivity contribution in [2.75, 3.05) is 13.1 Å². The number of hydrogen-bond acceptors (Lipinski definition) is 3. The maximum absolute atomic E-state index is 12.9. The minimum Gasteiger partial charge on any atom is -0.373 e. The molecule has 0 unspecified atom stereocenters. The summed E-state index contributed by atoms with van der Waals surface area (Å²) in [5.41, 5.74) is -1.16. The summed E-state index contributed by atoms with van der Waals surface area (Å²) in [6.07, 6.45) is -5.37. The second-order valence-electron chi connectivity index (χ2n) is 5.22. The second kappa shape index (κ2) is 5.99. The Balaban J connectivity index is 2.42. The Morgan fingerprint density at radius 1 is 1.23 bits per heavy atom. The first-order valence-corrected chi connectivity index (χ1v) is 8.36. The van der Waals surface area contributed by atoms with Crippen molar-refractivity contribution in [3.63, 3.8) is 0 Å². The molecule has 1 saturated heterocycles. The molecule has 0 bridgehead atoms. The molecule has 22 heavy (non-hydrogen) atoms. The lowest BCUT2D eigenvalue weighted by Crippen LogP contribution is -2.48. The number of nitrogens with zero attached hydrogens (tertiary/aromatic N) is 1. The summed E-state index contributed by atoms with van der Waals surface area (Å²) in [5, 5.41) is -0.532. The van der Waals surface area contributed by atoms with E-state index in [0.29, 0.717) is 6.07 Å². The van der Waals surface area contributed by atoms with Gasteiger partial charge < -0.3 is 4.74 Å². The number of halogens is 4. The van der Waals surface area contributed by atoms with Gasteiger partial charge in [0.25, 0.3) is 0 Å². The molecule has 1 aromatic carbocycles. The van der Waals surface area contributed by atoms with Crippen molar-refractivity contribution in [1.82, 2.24) is 4.31 Å². The molecular formula is C13H15ClF3NO3S. The number of alkyl halides is 3. The molecule has 2 rings (SSSR count). The van der Waals surface area contributed by atoms with Crippen molar-refractivity contribution in [2.45, 2.75) is 37.1 Å². The smallest absolute Gasteiger partial charge is 0.373 e. The first kappa shape index (κ1) is 17.5. The number of morpholine rings is 1. The average molecular weight is 358 g/mol. The normalized spacial score (nSPS) is 24.5. The van der Waals surface area contributed by atoms with Crippen LogP contribution < -0.4 is 0 Å². The molecule has 1 heterocycles. The fourth-order valence-electron chi connectivity index (χ4n) is 2.36. The average Bonchev–Trinajstić information content (AvgIpc) is 2.36. The van der Waals surface area contributed by atoms with Crippen molar-refractivity contribution in [3.05, 3.63) is 28.8 Å². The van der Waals surface area contributed by atoms with Gasteiger partial charge in [-0.3, -0.25) is 0 Å². The Morgan fingerprint density at radius 3 is 2.27 bits per heavy atom. The molecule has 1 aliphatic heterocycles. The van der Waals surface area contributed by atoms with Gasteiger partial charge in [0.05, 0.1) is 27.7 Å². The Kier molecular flexibility index (Phi) is 4.77. The van der Waals surface area contributed by atoms with E-state index in [2.05, 4.69) is 0 Å². The van der Waals surface area contributed by atoms with Crippen LogP contribution >= 0.6 is 11.6 Å². The summed E-state index contributed by atoms with van der Waals surface area (Å²) < 4.78 is 70.2. The Hall–Kier alpha value is -0.830. The molecule has 0 saturated carbocycles. The third kappa shape index (κ3) is 3.56. The van der Waals surface area contributed by atoms with Crippen LogP contribution in [0.4, 0.5) is 13.2 Å². The number of rotatable bonds is 2. The standard InChI is InChI=1S/C13H15ClF3NO3S/c1-8-6-18(7-9(2)21-8)22(19,20)10-3-4-12(14)11(5-10)13(15,16)17/h3-5,8-9H,6-7H2,1-2H3/t8-,9+. The van der Waals surface area contributed by atoms with Gasteiger partial charge in [-0.25, -0.2) is 8.42 Å². The van der Waals surface area contributed by atoms with Gasteiger partial charge in [0, 0.05) is 13.1 Å². The van der Waals surface area contributed by atoms with Crippen molar-refractivity contribution >= 4 is 21.6 Å². The van der Waals surface area contributed by atoms with Crippen LogP contribution in [0.1, 0.15) is 19.4 Å². The van der Waals surface area contributed by atoms with E-state index in [9.17, 15) is 21.6 Å². The van der Waals surface area contributed by atoms with Gasteiger partial charge in [0.2, 0.25) is 10.0 Å². The summed E-state index contributed by atoms with van der Waals surface area (Å²) in [6.45, 7) is 3.61. The van der Waals surface area contributed by atoms with Gasteiger partial charge in [-0.15, -0.1) is 0 Å². The summed E-state index contributed by atoms with van der Waals surface area (Å²) in [7, 11) is -4.03. The zero-order valence-corrected chi connectivity index (χ0v) is 13.5. The molecule has 0 radical (unpaired) electrons. The van der Waals surface area contributed by atoms with Gasteiger partial charge in [-0.1, -0.05) is 11.6 Å². The van der Waals surface area contributed by atoms with Crippen LogP contribution in [0.15, 0.2) is 23.1 Å². The fourth-order valence-corrected chi connectivity index (χ4v) is 4.20. The lowest BCUT2D eigenvalue weighted by Gasteiger charge is -2.34. The minimum atomic E-state index is -4.71. The predicted molar refractivity (Wildman–Crippen MR) is 75.2 cm³/mol. The number of ether oxygens (including phenoxy) is 1. The zero-order chi connectivity index (χ0) is 16.7. The molecule has 0 spiro atoms. The van der Waals surface area contributed by atoms with E-state index in [1.54, 1.807) is 13.8 Å². The lowest BCUT2D eigenvalue weighted by molar-refractivity contribution is -0.137. The Bertz CT molecular complexity index is 653. The topological polar surface area (TPSA) is 46.6 Å². The van der Waals surface area contributed by atoms with Crippen LogP contribution in [-0.2, 0) is 20.9 Å². The highest BCUT2D eigenvalue weighted by Gasteiger charge is 2.37. The first-order chi connectivity index (χ1) is 10.0. The van der Waals surface area contributed by atoms with E-state index in [1.807, 2.05) is 0 Å². The molecule has 0 N–H and O–H groups in total. The van der Waals surface area contributed by atoms with E-state index < -0.39 is 31.7 Å². The largest absolute Gasteiger partial charge is 0.417 e. The third-order valence-electron chi connectivity index (χ3n) is 3.27. The molecule has 2 atom stereocenters.